The molecule has 7 nitrogen and oxygen atoms in total. The molecule has 0 saturated carbocycles. The van der Waals surface area contributed by atoms with Crippen molar-refractivity contribution in [1.29, 1.82) is 0 Å². The van der Waals surface area contributed by atoms with Crippen molar-refractivity contribution in [2.45, 2.75) is 18.9 Å². The second-order valence-corrected chi connectivity index (χ2v) is 6.80. The normalized spacial score (nSPS) is 25.9. The van der Waals surface area contributed by atoms with Crippen LogP contribution in [0.2, 0.25) is 0 Å². The number of ether oxygens (including phenoxy) is 1. The monoisotopic (exact) mass is 298 g/mol. The van der Waals surface area contributed by atoms with E-state index < -0.39 is 10.2 Å². The average Bonchev–Trinajstić information content (AvgIpc) is 2.99. The first-order valence-electron chi connectivity index (χ1n) is 6.80. The highest BCUT2D eigenvalue weighted by Crippen LogP contribution is 2.34. The van der Waals surface area contributed by atoms with Crippen molar-refractivity contribution in [1.82, 2.24) is 18.6 Å². The molecular weight excluding hydrogens is 280 g/mol. The van der Waals surface area contributed by atoms with Gasteiger partial charge in [0.1, 0.15) is 6.33 Å². The molecule has 110 valence electrons. The Kier molecular flexibility index (Phi) is 3.97. The van der Waals surface area contributed by atoms with E-state index in [1.807, 2.05) is 0 Å². The van der Waals surface area contributed by atoms with Crippen LogP contribution in [0.15, 0.2) is 18.6 Å². The summed E-state index contributed by atoms with van der Waals surface area (Å²) in [6.45, 7) is 2.33. The second kappa shape index (κ2) is 5.72. The van der Waals surface area contributed by atoms with Crippen LogP contribution in [-0.4, -0.2) is 59.8 Å². The smallest absolute Gasteiger partial charge is 0.282 e. The van der Waals surface area contributed by atoms with E-state index in [1.54, 1.807) is 16.6 Å². The van der Waals surface area contributed by atoms with Crippen molar-refractivity contribution in [2.75, 3.05) is 32.8 Å². The first-order valence-corrected chi connectivity index (χ1v) is 8.20. The summed E-state index contributed by atoms with van der Waals surface area (Å²) in [6.07, 6.45) is 4.78. The molecule has 0 aromatic carbocycles. The number of nitrogens with zero attached hydrogens (tertiary/aromatic N) is 4. The van der Waals surface area contributed by atoms with E-state index in [0.717, 1.165) is 18.5 Å². The van der Waals surface area contributed by atoms with Gasteiger partial charge in [0.05, 0.1) is 24.9 Å². The van der Waals surface area contributed by atoms with Gasteiger partial charge in [-0.2, -0.15) is 17.0 Å². The predicted octanol–water partition coefficient (Wildman–Crippen LogP) is 0.190. The highest BCUT2D eigenvalue weighted by molar-refractivity contribution is 7.86. The topological polar surface area (TPSA) is 75.6 Å². The molecule has 2 saturated heterocycles. The summed E-state index contributed by atoms with van der Waals surface area (Å²) < 4.78 is 33.8. The summed E-state index contributed by atoms with van der Waals surface area (Å²) in [6, 6.07) is 1.61. The van der Waals surface area contributed by atoms with Crippen LogP contribution in [0.3, 0.4) is 0 Å². The van der Waals surface area contributed by atoms with E-state index in [0.29, 0.717) is 32.8 Å². The molecule has 1 aromatic heterocycles. The van der Waals surface area contributed by atoms with E-state index >= 15 is 0 Å². The summed E-state index contributed by atoms with van der Waals surface area (Å²) in [5.74, 6) is 0. The Balaban J connectivity index is 1.84. The first kappa shape index (κ1) is 13.9. The zero-order chi connectivity index (χ0) is 14.0. The number of hydrogen-bond donors (Lipinski definition) is 0. The van der Waals surface area contributed by atoms with Gasteiger partial charge in [0, 0.05) is 25.8 Å². The molecule has 0 unspecified atom stereocenters. The van der Waals surface area contributed by atoms with Crippen molar-refractivity contribution in [3.63, 3.8) is 0 Å². The average molecular weight is 298 g/mol. The SMILES string of the molecule is O=S(=O)(N1CCOCC1)N1CCC[C@@H]1c1ccncn1. The lowest BCUT2D eigenvalue weighted by atomic mass is 10.1. The fourth-order valence-electron chi connectivity index (χ4n) is 2.74. The van der Waals surface area contributed by atoms with Crippen LogP contribution >= 0.6 is 0 Å². The highest BCUT2D eigenvalue weighted by atomic mass is 32.2. The summed E-state index contributed by atoms with van der Waals surface area (Å²) in [5, 5.41) is 0. The minimum Gasteiger partial charge on any atom is -0.379 e. The lowest BCUT2D eigenvalue weighted by Crippen LogP contribution is -2.48. The van der Waals surface area contributed by atoms with Crippen LogP contribution in [-0.2, 0) is 14.9 Å². The maximum atomic E-state index is 12.7. The lowest BCUT2D eigenvalue weighted by molar-refractivity contribution is 0.0698. The minimum atomic E-state index is -3.43. The number of hydrogen-bond acceptors (Lipinski definition) is 5. The van der Waals surface area contributed by atoms with Gasteiger partial charge in [0.25, 0.3) is 10.2 Å². The van der Waals surface area contributed by atoms with Crippen molar-refractivity contribution in [2.24, 2.45) is 0 Å². The second-order valence-electron chi connectivity index (χ2n) is 4.92. The van der Waals surface area contributed by atoms with E-state index in [-0.39, 0.29) is 6.04 Å². The van der Waals surface area contributed by atoms with Gasteiger partial charge < -0.3 is 4.74 Å². The molecule has 3 rings (SSSR count). The Morgan fingerprint density at radius 2 is 2.05 bits per heavy atom. The van der Waals surface area contributed by atoms with Gasteiger partial charge in [0.2, 0.25) is 0 Å². The van der Waals surface area contributed by atoms with Crippen LogP contribution in [0.25, 0.3) is 0 Å². The molecule has 0 N–H and O–H groups in total. The molecule has 2 aliphatic heterocycles. The molecule has 0 amide bonds. The summed E-state index contributed by atoms with van der Waals surface area (Å²) in [7, 11) is -3.43. The van der Waals surface area contributed by atoms with Crippen LogP contribution in [0.5, 0.6) is 0 Å². The Labute approximate surface area is 118 Å². The number of rotatable bonds is 3. The zero-order valence-corrected chi connectivity index (χ0v) is 12.0. The van der Waals surface area contributed by atoms with Crippen molar-refractivity contribution >= 4 is 10.2 Å². The number of morpholine rings is 1. The van der Waals surface area contributed by atoms with Gasteiger partial charge >= 0.3 is 0 Å². The molecule has 1 atom stereocenters. The van der Waals surface area contributed by atoms with Gasteiger partial charge in [-0.3, -0.25) is 0 Å². The Morgan fingerprint density at radius 3 is 2.75 bits per heavy atom. The van der Waals surface area contributed by atoms with E-state index in [4.69, 9.17) is 4.74 Å². The fourth-order valence-corrected chi connectivity index (χ4v) is 4.54. The third kappa shape index (κ3) is 2.56. The summed E-state index contributed by atoms with van der Waals surface area (Å²) in [5.41, 5.74) is 0.773. The maximum Gasteiger partial charge on any atom is 0.282 e. The lowest BCUT2D eigenvalue weighted by Gasteiger charge is -2.32. The van der Waals surface area contributed by atoms with E-state index in [2.05, 4.69) is 9.97 Å². The fraction of sp³-hybridized carbons (Fsp3) is 0.667. The Bertz CT molecular complexity index is 545. The molecular formula is C12H18N4O3S. The van der Waals surface area contributed by atoms with Crippen molar-refractivity contribution in [3.05, 3.63) is 24.3 Å². The first-order chi connectivity index (χ1) is 9.69. The van der Waals surface area contributed by atoms with Crippen LogP contribution in [0.1, 0.15) is 24.6 Å². The van der Waals surface area contributed by atoms with Crippen LogP contribution in [0, 0.1) is 0 Å². The number of aromatic nitrogens is 2. The van der Waals surface area contributed by atoms with Gasteiger partial charge in [0.15, 0.2) is 0 Å². The summed E-state index contributed by atoms with van der Waals surface area (Å²) >= 11 is 0. The van der Waals surface area contributed by atoms with Crippen LogP contribution in [0.4, 0.5) is 0 Å². The van der Waals surface area contributed by atoms with Crippen molar-refractivity contribution < 1.29 is 13.2 Å². The Hall–Kier alpha value is -1.09. The van der Waals surface area contributed by atoms with Gasteiger partial charge in [-0.1, -0.05) is 0 Å². The third-order valence-corrected chi connectivity index (χ3v) is 5.79. The molecule has 20 heavy (non-hydrogen) atoms. The molecule has 1 aromatic rings. The minimum absolute atomic E-state index is 0.175. The molecule has 0 bridgehead atoms. The van der Waals surface area contributed by atoms with Gasteiger partial charge in [-0.15, -0.1) is 0 Å². The molecule has 2 aliphatic rings. The molecule has 0 aliphatic carbocycles. The standard InChI is InChI=1S/C12H18N4O3S/c17-20(18,15-6-8-19-9-7-15)16-5-1-2-12(16)11-3-4-13-10-14-11/h3-4,10,12H,1-2,5-9H2/t12-/m1/s1. The predicted molar refractivity (Wildman–Crippen MR) is 72.0 cm³/mol. The Morgan fingerprint density at radius 1 is 1.25 bits per heavy atom. The third-order valence-electron chi connectivity index (χ3n) is 3.74. The molecule has 8 heteroatoms. The van der Waals surface area contributed by atoms with E-state index in [9.17, 15) is 8.42 Å². The highest BCUT2D eigenvalue weighted by Gasteiger charge is 2.39. The van der Waals surface area contributed by atoms with Gasteiger partial charge in [-0.25, -0.2) is 9.97 Å². The maximum absolute atomic E-state index is 12.7. The molecule has 2 fully saturated rings. The largest absolute Gasteiger partial charge is 0.379 e. The van der Waals surface area contributed by atoms with Crippen molar-refractivity contribution in [3.8, 4) is 0 Å². The van der Waals surface area contributed by atoms with Gasteiger partial charge in [-0.05, 0) is 18.9 Å². The van der Waals surface area contributed by atoms with E-state index in [1.165, 1.54) is 10.6 Å². The quantitative estimate of drug-likeness (QED) is 0.796. The molecule has 0 radical (unpaired) electrons. The van der Waals surface area contributed by atoms with Crippen LogP contribution < -0.4 is 0 Å². The zero-order valence-electron chi connectivity index (χ0n) is 11.2. The molecule has 3 heterocycles. The summed E-state index contributed by atoms with van der Waals surface area (Å²) in [4.78, 5) is 8.10. The molecule has 0 spiro atoms.